The fraction of sp³-hybridized carbons (Fsp3) is 0.571. The van der Waals surface area contributed by atoms with Crippen LogP contribution in [0.15, 0.2) is 18.2 Å². The van der Waals surface area contributed by atoms with Gasteiger partial charge in [0.2, 0.25) is 0 Å². The molecule has 1 aromatic carbocycles. The number of nitrogens with two attached hydrogens (primary N) is 1. The van der Waals surface area contributed by atoms with Gasteiger partial charge in [-0.3, -0.25) is 4.90 Å². The molecule has 1 aliphatic rings. The number of hydrogen-bond donors (Lipinski definition) is 1. The molecule has 100 valence electrons. The van der Waals surface area contributed by atoms with Crippen molar-refractivity contribution in [3.05, 3.63) is 35.4 Å². The number of rotatable bonds is 6. The lowest BCUT2D eigenvalue weighted by Crippen LogP contribution is -2.35. The number of nitrogens with zero attached hydrogens (tertiary/aromatic N) is 1. The van der Waals surface area contributed by atoms with Crippen LogP contribution in [-0.4, -0.2) is 24.0 Å². The van der Waals surface area contributed by atoms with E-state index in [9.17, 15) is 8.78 Å². The number of halogens is 2. The van der Waals surface area contributed by atoms with Gasteiger partial charge < -0.3 is 5.73 Å². The van der Waals surface area contributed by atoms with Crippen molar-refractivity contribution in [1.82, 2.24) is 4.90 Å². The lowest BCUT2D eigenvalue weighted by molar-refractivity contribution is 0.244. The highest BCUT2D eigenvalue weighted by Crippen LogP contribution is 2.29. The van der Waals surface area contributed by atoms with E-state index < -0.39 is 17.7 Å². The minimum absolute atomic E-state index is 0.0132. The summed E-state index contributed by atoms with van der Waals surface area (Å²) >= 11 is 0. The topological polar surface area (TPSA) is 29.3 Å². The van der Waals surface area contributed by atoms with E-state index in [1.165, 1.54) is 31.0 Å². The van der Waals surface area contributed by atoms with Crippen molar-refractivity contribution in [2.24, 2.45) is 5.73 Å². The molecule has 2 N–H and O–H groups in total. The zero-order chi connectivity index (χ0) is 13.1. The average Bonchev–Trinajstić information content (AvgIpc) is 3.12. The van der Waals surface area contributed by atoms with Gasteiger partial charge in [-0.25, -0.2) is 8.78 Å². The maximum Gasteiger partial charge on any atom is 0.130 e. The monoisotopic (exact) mass is 254 g/mol. The van der Waals surface area contributed by atoms with Gasteiger partial charge in [-0.15, -0.1) is 0 Å². The highest BCUT2D eigenvalue weighted by molar-refractivity contribution is 5.23. The summed E-state index contributed by atoms with van der Waals surface area (Å²) in [5, 5.41) is 0. The second kappa shape index (κ2) is 5.76. The lowest BCUT2D eigenvalue weighted by Gasteiger charge is -2.25. The summed E-state index contributed by atoms with van der Waals surface area (Å²) in [6.45, 7) is 3.56. The largest absolute Gasteiger partial charge is 0.323 e. The van der Waals surface area contributed by atoms with Crippen molar-refractivity contribution in [2.75, 3.05) is 13.1 Å². The van der Waals surface area contributed by atoms with Crippen LogP contribution in [-0.2, 0) is 0 Å². The molecular weight excluding hydrogens is 234 g/mol. The summed E-state index contributed by atoms with van der Waals surface area (Å²) in [4.78, 5) is 2.25. The average molecular weight is 254 g/mol. The van der Waals surface area contributed by atoms with E-state index in [0.717, 1.165) is 13.0 Å². The number of hydrogen-bond acceptors (Lipinski definition) is 2. The van der Waals surface area contributed by atoms with E-state index >= 15 is 0 Å². The van der Waals surface area contributed by atoms with E-state index in [-0.39, 0.29) is 5.56 Å². The van der Waals surface area contributed by atoms with E-state index in [0.29, 0.717) is 12.6 Å². The zero-order valence-electron chi connectivity index (χ0n) is 10.7. The first-order chi connectivity index (χ1) is 8.63. The molecule has 1 aliphatic carbocycles. The molecule has 0 heterocycles. The van der Waals surface area contributed by atoms with E-state index in [4.69, 9.17) is 5.73 Å². The van der Waals surface area contributed by atoms with Crippen molar-refractivity contribution in [2.45, 2.75) is 38.3 Å². The van der Waals surface area contributed by atoms with E-state index in [2.05, 4.69) is 11.8 Å². The molecule has 1 atom stereocenters. The third-order valence-corrected chi connectivity index (χ3v) is 3.38. The highest BCUT2D eigenvalue weighted by atomic mass is 19.1. The molecule has 4 heteroatoms. The Morgan fingerprint density at radius 2 is 1.94 bits per heavy atom. The molecule has 1 saturated carbocycles. The molecule has 2 nitrogen and oxygen atoms in total. The Hall–Kier alpha value is -1.00. The summed E-state index contributed by atoms with van der Waals surface area (Å²) in [6, 6.07) is 3.86. The second-order valence-corrected chi connectivity index (χ2v) is 4.97. The van der Waals surface area contributed by atoms with Crippen LogP contribution in [0.4, 0.5) is 8.78 Å². The van der Waals surface area contributed by atoms with Crippen molar-refractivity contribution in [3.63, 3.8) is 0 Å². The molecule has 0 bridgehead atoms. The summed E-state index contributed by atoms with van der Waals surface area (Å²) in [5.41, 5.74) is 5.98. The lowest BCUT2D eigenvalue weighted by atomic mass is 10.1. The van der Waals surface area contributed by atoms with Crippen LogP contribution in [0.2, 0.25) is 0 Å². The van der Waals surface area contributed by atoms with Crippen molar-refractivity contribution in [1.29, 1.82) is 0 Å². The summed E-state index contributed by atoms with van der Waals surface area (Å²) in [5.74, 6) is -1.09. The fourth-order valence-electron chi connectivity index (χ4n) is 2.36. The summed E-state index contributed by atoms with van der Waals surface area (Å²) in [6.07, 6.45) is 3.38. The molecule has 1 unspecified atom stereocenters. The van der Waals surface area contributed by atoms with Crippen LogP contribution in [0.25, 0.3) is 0 Å². The van der Waals surface area contributed by atoms with Gasteiger partial charge >= 0.3 is 0 Å². The predicted octanol–water partition coefficient (Wildman–Crippen LogP) is 2.84. The van der Waals surface area contributed by atoms with Crippen LogP contribution < -0.4 is 5.73 Å². The van der Waals surface area contributed by atoms with Gasteiger partial charge in [-0.2, -0.15) is 0 Å². The number of benzene rings is 1. The van der Waals surface area contributed by atoms with Crippen LogP contribution in [0, 0.1) is 11.6 Å². The molecule has 0 amide bonds. The highest BCUT2D eigenvalue weighted by Gasteiger charge is 2.30. The molecule has 1 aromatic rings. The smallest absolute Gasteiger partial charge is 0.130 e. The van der Waals surface area contributed by atoms with Gasteiger partial charge in [-0.1, -0.05) is 13.0 Å². The van der Waals surface area contributed by atoms with E-state index in [1.54, 1.807) is 0 Å². The van der Waals surface area contributed by atoms with Gasteiger partial charge in [0.25, 0.3) is 0 Å². The molecule has 18 heavy (non-hydrogen) atoms. The molecular formula is C14H20F2N2. The first-order valence-electron chi connectivity index (χ1n) is 6.57. The van der Waals surface area contributed by atoms with Crippen LogP contribution in [0.3, 0.4) is 0 Å². The Kier molecular flexibility index (Phi) is 4.30. The Labute approximate surface area is 107 Å². The van der Waals surface area contributed by atoms with Gasteiger partial charge in [0.1, 0.15) is 11.6 Å². The Morgan fingerprint density at radius 3 is 2.44 bits per heavy atom. The van der Waals surface area contributed by atoms with E-state index in [1.807, 2.05) is 0 Å². The summed E-state index contributed by atoms with van der Waals surface area (Å²) < 4.78 is 27.2. The van der Waals surface area contributed by atoms with Gasteiger partial charge in [0, 0.05) is 24.2 Å². The minimum Gasteiger partial charge on any atom is -0.323 e. The third-order valence-electron chi connectivity index (χ3n) is 3.38. The fourth-order valence-corrected chi connectivity index (χ4v) is 2.36. The third kappa shape index (κ3) is 3.06. The molecule has 1 fully saturated rings. The summed E-state index contributed by atoms with van der Waals surface area (Å²) in [7, 11) is 0. The van der Waals surface area contributed by atoms with Crippen molar-refractivity contribution in [3.8, 4) is 0 Å². The zero-order valence-corrected chi connectivity index (χ0v) is 10.7. The van der Waals surface area contributed by atoms with Crippen molar-refractivity contribution >= 4 is 0 Å². The predicted molar refractivity (Wildman–Crippen MR) is 68.2 cm³/mol. The maximum absolute atomic E-state index is 13.6. The Balaban J connectivity index is 2.08. The van der Waals surface area contributed by atoms with Crippen LogP contribution >= 0.6 is 0 Å². The molecule has 0 radical (unpaired) electrons. The SMILES string of the molecule is CCCN(CC(N)c1c(F)cccc1F)C1CC1. The second-order valence-electron chi connectivity index (χ2n) is 4.97. The minimum atomic E-state index is -0.599. The first-order valence-corrected chi connectivity index (χ1v) is 6.57. The molecule has 0 spiro atoms. The molecule has 0 saturated heterocycles. The standard InChI is InChI=1S/C14H20F2N2/c1-2-8-18(10-6-7-10)9-13(17)14-11(15)4-3-5-12(14)16/h3-5,10,13H,2,6-9,17H2,1H3. The Morgan fingerprint density at radius 1 is 1.33 bits per heavy atom. The normalized spacial score (nSPS) is 17.2. The first kappa shape index (κ1) is 13.4. The quantitative estimate of drug-likeness (QED) is 0.845. The van der Waals surface area contributed by atoms with Crippen LogP contribution in [0.1, 0.15) is 37.8 Å². The van der Waals surface area contributed by atoms with Crippen LogP contribution in [0.5, 0.6) is 0 Å². The molecule has 0 aliphatic heterocycles. The molecule has 2 rings (SSSR count). The van der Waals surface area contributed by atoms with Gasteiger partial charge in [0.05, 0.1) is 0 Å². The van der Waals surface area contributed by atoms with Crippen molar-refractivity contribution < 1.29 is 8.78 Å². The Bertz CT molecular complexity index is 385. The maximum atomic E-state index is 13.6. The molecule has 0 aromatic heterocycles. The van der Waals surface area contributed by atoms with Gasteiger partial charge in [-0.05, 0) is 37.9 Å². The van der Waals surface area contributed by atoms with Gasteiger partial charge in [0.15, 0.2) is 0 Å².